The first kappa shape index (κ1) is 14.2. The molecule has 1 N–H and O–H groups in total. The Balaban J connectivity index is 1.74. The SMILES string of the molecule is CC1(C)CN(c2cc(F)cc(CNC3CC3)c2)CCS1. The first-order valence-electron chi connectivity index (χ1n) is 7.44. The maximum Gasteiger partial charge on any atom is 0.125 e. The highest BCUT2D eigenvalue weighted by molar-refractivity contribution is 8.00. The molecule has 3 rings (SSSR count). The van der Waals surface area contributed by atoms with Crippen LogP contribution in [0.1, 0.15) is 32.3 Å². The van der Waals surface area contributed by atoms with E-state index in [1.165, 1.54) is 12.8 Å². The van der Waals surface area contributed by atoms with E-state index in [4.69, 9.17) is 0 Å². The normalized spacial score (nSPS) is 22.1. The maximum absolute atomic E-state index is 13.9. The Hall–Kier alpha value is -0.740. The van der Waals surface area contributed by atoms with E-state index in [1.54, 1.807) is 12.1 Å². The summed E-state index contributed by atoms with van der Waals surface area (Å²) in [6.07, 6.45) is 2.53. The topological polar surface area (TPSA) is 15.3 Å². The van der Waals surface area contributed by atoms with Crippen LogP contribution in [-0.4, -0.2) is 29.6 Å². The van der Waals surface area contributed by atoms with Gasteiger partial charge in [0.05, 0.1) is 0 Å². The molecule has 2 fully saturated rings. The zero-order valence-electron chi connectivity index (χ0n) is 12.3. The largest absolute Gasteiger partial charge is 0.369 e. The highest BCUT2D eigenvalue weighted by atomic mass is 32.2. The summed E-state index contributed by atoms with van der Waals surface area (Å²) >= 11 is 2.00. The number of anilines is 1. The van der Waals surface area contributed by atoms with Crippen LogP contribution in [0.3, 0.4) is 0 Å². The molecule has 1 aromatic carbocycles. The lowest BCUT2D eigenvalue weighted by Crippen LogP contribution is -2.43. The van der Waals surface area contributed by atoms with Crippen LogP contribution in [-0.2, 0) is 6.54 Å². The van der Waals surface area contributed by atoms with Gasteiger partial charge >= 0.3 is 0 Å². The van der Waals surface area contributed by atoms with Crippen LogP contribution in [0.15, 0.2) is 18.2 Å². The van der Waals surface area contributed by atoms with Gasteiger partial charge in [0.1, 0.15) is 5.82 Å². The summed E-state index contributed by atoms with van der Waals surface area (Å²) in [6.45, 7) is 7.29. The number of nitrogens with one attached hydrogen (secondary N) is 1. The minimum atomic E-state index is -0.119. The molecule has 0 radical (unpaired) electrons. The van der Waals surface area contributed by atoms with E-state index < -0.39 is 0 Å². The lowest BCUT2D eigenvalue weighted by Gasteiger charge is -2.39. The third-order valence-corrected chi connectivity index (χ3v) is 5.20. The van der Waals surface area contributed by atoms with Crippen LogP contribution < -0.4 is 10.2 Å². The van der Waals surface area contributed by atoms with Crippen molar-refractivity contribution in [3.8, 4) is 0 Å². The van der Waals surface area contributed by atoms with Crippen LogP contribution in [0.4, 0.5) is 10.1 Å². The average molecular weight is 294 g/mol. The van der Waals surface area contributed by atoms with E-state index in [1.807, 2.05) is 11.8 Å². The first-order valence-corrected chi connectivity index (χ1v) is 8.42. The Bertz CT molecular complexity index is 485. The van der Waals surface area contributed by atoms with Crippen LogP contribution in [0.25, 0.3) is 0 Å². The number of rotatable bonds is 4. The van der Waals surface area contributed by atoms with Gasteiger partial charge in [0.15, 0.2) is 0 Å². The van der Waals surface area contributed by atoms with Crippen molar-refractivity contribution in [2.45, 2.75) is 44.0 Å². The van der Waals surface area contributed by atoms with E-state index in [2.05, 4.69) is 30.1 Å². The third kappa shape index (κ3) is 3.67. The van der Waals surface area contributed by atoms with Crippen LogP contribution >= 0.6 is 11.8 Å². The summed E-state index contributed by atoms with van der Waals surface area (Å²) in [5.41, 5.74) is 2.09. The zero-order valence-corrected chi connectivity index (χ0v) is 13.1. The van der Waals surface area contributed by atoms with Gasteiger partial charge in [-0.15, -0.1) is 0 Å². The van der Waals surface area contributed by atoms with E-state index in [0.717, 1.165) is 36.6 Å². The highest BCUT2D eigenvalue weighted by Gasteiger charge is 2.27. The molecule has 0 bridgehead atoms. The standard InChI is InChI=1S/C16H23FN2S/c1-16(2)11-19(5-6-20-16)15-8-12(7-13(17)9-15)10-18-14-3-4-14/h7-9,14,18H,3-6,10-11H2,1-2H3. The smallest absolute Gasteiger partial charge is 0.125 e. The molecule has 2 nitrogen and oxygen atoms in total. The molecule has 1 aliphatic heterocycles. The summed E-state index contributed by atoms with van der Waals surface area (Å²) in [5, 5.41) is 3.46. The summed E-state index contributed by atoms with van der Waals surface area (Å²) in [7, 11) is 0. The van der Waals surface area contributed by atoms with Crippen LogP contribution in [0, 0.1) is 5.82 Å². The second kappa shape index (κ2) is 5.57. The minimum absolute atomic E-state index is 0.119. The summed E-state index contributed by atoms with van der Waals surface area (Å²) in [6, 6.07) is 6.13. The van der Waals surface area contributed by atoms with Crippen LogP contribution in [0.2, 0.25) is 0 Å². The molecule has 0 amide bonds. The summed E-state index contributed by atoms with van der Waals surface area (Å²) < 4.78 is 14.1. The summed E-state index contributed by atoms with van der Waals surface area (Å²) in [4.78, 5) is 2.32. The fraction of sp³-hybridized carbons (Fsp3) is 0.625. The molecule has 1 aromatic rings. The molecule has 110 valence electrons. The Labute approximate surface area is 125 Å². The molecular weight excluding hydrogens is 271 g/mol. The average Bonchev–Trinajstić information content (AvgIpc) is 3.18. The number of nitrogens with zero attached hydrogens (tertiary/aromatic N) is 1. The van der Waals surface area contributed by atoms with E-state index in [9.17, 15) is 4.39 Å². The van der Waals surface area contributed by atoms with Crippen molar-refractivity contribution >= 4 is 17.4 Å². The minimum Gasteiger partial charge on any atom is -0.369 e. The molecule has 1 saturated carbocycles. The lowest BCUT2D eigenvalue weighted by molar-refractivity contribution is 0.612. The molecule has 1 heterocycles. The van der Waals surface area contributed by atoms with Gasteiger partial charge in [0.25, 0.3) is 0 Å². The van der Waals surface area contributed by atoms with Crippen molar-refractivity contribution in [1.29, 1.82) is 0 Å². The van der Waals surface area contributed by atoms with Crippen molar-refractivity contribution in [3.63, 3.8) is 0 Å². The van der Waals surface area contributed by atoms with Gasteiger partial charge in [-0.05, 0) is 50.5 Å². The molecule has 0 unspecified atom stereocenters. The number of halogens is 1. The molecular formula is C16H23FN2S. The molecule has 2 aliphatic rings. The van der Waals surface area contributed by atoms with Crippen molar-refractivity contribution in [2.75, 3.05) is 23.7 Å². The third-order valence-electron chi connectivity index (χ3n) is 3.91. The molecule has 0 aromatic heterocycles. The quantitative estimate of drug-likeness (QED) is 0.916. The van der Waals surface area contributed by atoms with Gasteiger partial charge in [-0.25, -0.2) is 4.39 Å². The van der Waals surface area contributed by atoms with Gasteiger partial charge in [-0.1, -0.05) is 0 Å². The Morgan fingerprint density at radius 1 is 1.35 bits per heavy atom. The van der Waals surface area contributed by atoms with Gasteiger partial charge in [0, 0.05) is 41.9 Å². The second-order valence-corrected chi connectivity index (χ2v) is 8.30. The maximum atomic E-state index is 13.9. The Kier molecular flexibility index (Phi) is 3.95. The van der Waals surface area contributed by atoms with E-state index in [-0.39, 0.29) is 10.6 Å². The van der Waals surface area contributed by atoms with E-state index in [0.29, 0.717) is 6.04 Å². The van der Waals surface area contributed by atoms with E-state index >= 15 is 0 Å². The van der Waals surface area contributed by atoms with Crippen molar-refractivity contribution < 1.29 is 4.39 Å². The van der Waals surface area contributed by atoms with Crippen molar-refractivity contribution in [3.05, 3.63) is 29.6 Å². The number of hydrogen-bond acceptors (Lipinski definition) is 3. The fourth-order valence-corrected chi connectivity index (χ4v) is 3.82. The highest BCUT2D eigenvalue weighted by Crippen LogP contribution is 2.32. The number of benzene rings is 1. The number of thioether (sulfide) groups is 1. The molecule has 1 saturated heterocycles. The zero-order chi connectivity index (χ0) is 14.2. The van der Waals surface area contributed by atoms with Crippen molar-refractivity contribution in [2.24, 2.45) is 0 Å². The van der Waals surface area contributed by atoms with Gasteiger partial charge in [-0.3, -0.25) is 0 Å². The number of hydrogen-bond donors (Lipinski definition) is 1. The van der Waals surface area contributed by atoms with Gasteiger partial charge in [0.2, 0.25) is 0 Å². The predicted octanol–water partition coefficient (Wildman–Crippen LogP) is 3.41. The molecule has 1 aliphatic carbocycles. The predicted molar refractivity (Wildman–Crippen MR) is 85.0 cm³/mol. The van der Waals surface area contributed by atoms with Gasteiger partial charge < -0.3 is 10.2 Å². The summed E-state index contributed by atoms with van der Waals surface area (Å²) in [5.74, 6) is 0.991. The molecule has 20 heavy (non-hydrogen) atoms. The fourth-order valence-electron chi connectivity index (χ4n) is 2.70. The molecule has 0 atom stereocenters. The lowest BCUT2D eigenvalue weighted by atomic mass is 10.1. The van der Waals surface area contributed by atoms with Crippen LogP contribution in [0.5, 0.6) is 0 Å². The van der Waals surface area contributed by atoms with Crippen molar-refractivity contribution in [1.82, 2.24) is 5.32 Å². The first-order chi connectivity index (χ1) is 9.52. The molecule has 4 heteroatoms. The Morgan fingerprint density at radius 3 is 2.85 bits per heavy atom. The molecule has 0 spiro atoms. The monoisotopic (exact) mass is 294 g/mol. The second-order valence-electron chi connectivity index (χ2n) is 6.50. The van der Waals surface area contributed by atoms with Gasteiger partial charge in [-0.2, -0.15) is 11.8 Å². The Morgan fingerprint density at radius 2 is 2.15 bits per heavy atom.